The van der Waals surface area contributed by atoms with Crippen LogP contribution in [0.1, 0.15) is 19.3 Å². The van der Waals surface area contributed by atoms with Gasteiger partial charge in [0, 0.05) is 42.9 Å². The van der Waals surface area contributed by atoms with E-state index < -0.39 is 11.5 Å². The van der Waals surface area contributed by atoms with Crippen LogP contribution in [0, 0.1) is 11.4 Å². The Bertz CT molecular complexity index is 849. The van der Waals surface area contributed by atoms with Crippen molar-refractivity contribution in [3.8, 4) is 11.4 Å². The molecule has 4 rings (SSSR count). The van der Waals surface area contributed by atoms with Crippen LogP contribution in [0.5, 0.6) is 0 Å². The number of hydrogen-bond acceptors (Lipinski definition) is 5. The fraction of sp³-hybridized carbons (Fsp3) is 0.471. The summed E-state index contributed by atoms with van der Waals surface area (Å²) < 4.78 is 13.4. The van der Waals surface area contributed by atoms with Crippen molar-refractivity contribution in [1.29, 1.82) is 0 Å². The van der Waals surface area contributed by atoms with E-state index in [0.717, 1.165) is 39.0 Å². The molecule has 0 aliphatic carbocycles. The first kappa shape index (κ1) is 16.5. The SMILES string of the molecule is O=c1[nH]c(-c2ccnc(F)c2)nc(N2CCC3(CCCNC3)C2)c1Cl. The molecule has 0 amide bonds. The summed E-state index contributed by atoms with van der Waals surface area (Å²) in [6.45, 7) is 3.67. The molecule has 1 unspecified atom stereocenters. The number of anilines is 1. The molecular formula is C17H19ClFN5O. The Hall–Kier alpha value is -1.99. The van der Waals surface area contributed by atoms with E-state index in [1.165, 1.54) is 18.7 Å². The number of pyridine rings is 1. The van der Waals surface area contributed by atoms with E-state index in [1.54, 1.807) is 6.07 Å². The van der Waals surface area contributed by atoms with Gasteiger partial charge in [-0.25, -0.2) is 9.97 Å². The third-order valence-corrected chi connectivity index (χ3v) is 5.48. The molecule has 132 valence electrons. The van der Waals surface area contributed by atoms with Crippen molar-refractivity contribution >= 4 is 17.4 Å². The molecule has 2 aromatic heterocycles. The molecule has 8 heteroatoms. The summed E-state index contributed by atoms with van der Waals surface area (Å²) in [5.74, 6) is 0.151. The molecule has 25 heavy (non-hydrogen) atoms. The van der Waals surface area contributed by atoms with E-state index in [0.29, 0.717) is 17.2 Å². The van der Waals surface area contributed by atoms with Crippen LogP contribution in [0.2, 0.25) is 5.02 Å². The van der Waals surface area contributed by atoms with Crippen LogP contribution in [0.15, 0.2) is 23.1 Å². The minimum atomic E-state index is -0.620. The quantitative estimate of drug-likeness (QED) is 0.800. The molecule has 2 aliphatic heterocycles. The molecule has 2 N–H and O–H groups in total. The second kappa shape index (κ2) is 6.38. The highest BCUT2D eigenvalue weighted by atomic mass is 35.5. The molecule has 2 fully saturated rings. The van der Waals surface area contributed by atoms with Crippen LogP contribution in [-0.4, -0.2) is 41.1 Å². The van der Waals surface area contributed by atoms with Gasteiger partial charge in [-0.15, -0.1) is 0 Å². The Morgan fingerprint density at radius 1 is 1.36 bits per heavy atom. The van der Waals surface area contributed by atoms with Crippen molar-refractivity contribution in [2.45, 2.75) is 19.3 Å². The highest BCUT2D eigenvalue weighted by molar-refractivity contribution is 6.32. The topological polar surface area (TPSA) is 73.9 Å². The summed E-state index contributed by atoms with van der Waals surface area (Å²) in [6, 6.07) is 2.85. The lowest BCUT2D eigenvalue weighted by molar-refractivity contribution is 0.239. The Balaban J connectivity index is 1.69. The van der Waals surface area contributed by atoms with Gasteiger partial charge in [0.2, 0.25) is 5.95 Å². The second-order valence-electron chi connectivity index (χ2n) is 6.87. The lowest BCUT2D eigenvalue weighted by Gasteiger charge is -2.34. The molecule has 2 saturated heterocycles. The predicted octanol–water partition coefficient (Wildman–Crippen LogP) is 2.20. The second-order valence-corrected chi connectivity index (χ2v) is 7.25. The predicted molar refractivity (Wildman–Crippen MR) is 94.4 cm³/mol. The zero-order valence-electron chi connectivity index (χ0n) is 13.7. The maximum absolute atomic E-state index is 13.4. The summed E-state index contributed by atoms with van der Waals surface area (Å²) in [5.41, 5.74) is 0.270. The Morgan fingerprint density at radius 3 is 3.00 bits per heavy atom. The largest absolute Gasteiger partial charge is 0.355 e. The normalized spacial score (nSPS) is 23.4. The highest BCUT2D eigenvalue weighted by Crippen LogP contribution is 2.39. The molecule has 4 heterocycles. The smallest absolute Gasteiger partial charge is 0.272 e. The fourth-order valence-corrected chi connectivity index (χ4v) is 4.05. The van der Waals surface area contributed by atoms with Crippen molar-refractivity contribution in [1.82, 2.24) is 20.3 Å². The van der Waals surface area contributed by atoms with E-state index in [4.69, 9.17) is 11.6 Å². The number of aromatic nitrogens is 3. The zero-order valence-corrected chi connectivity index (χ0v) is 14.4. The average Bonchev–Trinajstić information content (AvgIpc) is 3.01. The van der Waals surface area contributed by atoms with Crippen LogP contribution in [0.3, 0.4) is 0 Å². The standard InChI is InChI=1S/C17H19ClFN5O/c18-13-15(24-7-4-17(10-24)3-1-5-20-9-17)22-14(23-16(13)25)11-2-6-21-12(19)8-11/h2,6,8,20H,1,3-5,7,9-10H2,(H,22,23,25). The van der Waals surface area contributed by atoms with Crippen molar-refractivity contribution in [2.75, 3.05) is 31.1 Å². The molecule has 0 radical (unpaired) electrons. The molecule has 1 atom stereocenters. The molecule has 1 spiro atoms. The van der Waals surface area contributed by atoms with Gasteiger partial charge in [-0.2, -0.15) is 4.39 Å². The van der Waals surface area contributed by atoms with E-state index in [9.17, 15) is 9.18 Å². The molecule has 2 aliphatic rings. The fourth-order valence-electron chi connectivity index (χ4n) is 3.84. The van der Waals surface area contributed by atoms with Crippen LogP contribution in [-0.2, 0) is 0 Å². The summed E-state index contributed by atoms with van der Waals surface area (Å²) in [4.78, 5) is 25.0. The van der Waals surface area contributed by atoms with E-state index in [1.807, 2.05) is 0 Å². The Labute approximate surface area is 149 Å². The Morgan fingerprint density at radius 2 is 2.24 bits per heavy atom. The van der Waals surface area contributed by atoms with Crippen molar-refractivity contribution in [2.24, 2.45) is 5.41 Å². The maximum Gasteiger partial charge on any atom is 0.272 e. The first-order chi connectivity index (χ1) is 12.1. The number of aromatic amines is 1. The van der Waals surface area contributed by atoms with Gasteiger partial charge in [0.25, 0.3) is 5.56 Å². The van der Waals surface area contributed by atoms with Gasteiger partial charge < -0.3 is 15.2 Å². The highest BCUT2D eigenvalue weighted by Gasteiger charge is 2.40. The summed E-state index contributed by atoms with van der Waals surface area (Å²) in [5, 5.41) is 3.54. The summed E-state index contributed by atoms with van der Waals surface area (Å²) in [7, 11) is 0. The van der Waals surface area contributed by atoms with Crippen LogP contribution < -0.4 is 15.8 Å². The van der Waals surface area contributed by atoms with Gasteiger partial charge >= 0.3 is 0 Å². The van der Waals surface area contributed by atoms with Crippen molar-refractivity contribution < 1.29 is 4.39 Å². The van der Waals surface area contributed by atoms with Gasteiger partial charge in [-0.3, -0.25) is 4.79 Å². The lowest BCUT2D eigenvalue weighted by atomic mass is 9.80. The van der Waals surface area contributed by atoms with Crippen LogP contribution >= 0.6 is 11.6 Å². The minimum Gasteiger partial charge on any atom is -0.355 e. The molecule has 0 saturated carbocycles. The average molecular weight is 364 g/mol. The van der Waals surface area contributed by atoms with Crippen molar-refractivity contribution in [3.63, 3.8) is 0 Å². The molecular weight excluding hydrogens is 345 g/mol. The van der Waals surface area contributed by atoms with Gasteiger partial charge in [-0.1, -0.05) is 11.6 Å². The summed E-state index contributed by atoms with van der Waals surface area (Å²) >= 11 is 6.24. The number of piperidine rings is 1. The van der Waals surface area contributed by atoms with Crippen LogP contribution in [0.4, 0.5) is 10.2 Å². The first-order valence-electron chi connectivity index (χ1n) is 8.44. The van der Waals surface area contributed by atoms with Gasteiger partial charge in [0.15, 0.2) is 5.82 Å². The van der Waals surface area contributed by atoms with E-state index >= 15 is 0 Å². The summed E-state index contributed by atoms with van der Waals surface area (Å²) in [6.07, 6.45) is 4.72. The number of rotatable bonds is 2. The van der Waals surface area contributed by atoms with Gasteiger partial charge in [0.05, 0.1) is 0 Å². The molecule has 0 aromatic carbocycles. The lowest BCUT2D eigenvalue weighted by Crippen LogP contribution is -2.42. The third-order valence-electron chi connectivity index (χ3n) is 5.14. The number of halogens is 2. The zero-order chi connectivity index (χ0) is 17.4. The van der Waals surface area contributed by atoms with E-state index in [2.05, 4.69) is 25.2 Å². The van der Waals surface area contributed by atoms with Crippen molar-refractivity contribution in [3.05, 3.63) is 39.7 Å². The van der Waals surface area contributed by atoms with Gasteiger partial charge in [0.1, 0.15) is 10.8 Å². The number of nitrogens with one attached hydrogen (secondary N) is 2. The van der Waals surface area contributed by atoms with Crippen LogP contribution in [0.25, 0.3) is 11.4 Å². The third kappa shape index (κ3) is 3.14. The maximum atomic E-state index is 13.4. The number of H-pyrrole nitrogens is 1. The minimum absolute atomic E-state index is 0.0825. The Kier molecular flexibility index (Phi) is 4.21. The molecule has 0 bridgehead atoms. The molecule has 2 aromatic rings. The van der Waals surface area contributed by atoms with E-state index in [-0.39, 0.29) is 10.4 Å². The monoisotopic (exact) mass is 363 g/mol. The first-order valence-corrected chi connectivity index (χ1v) is 8.82. The molecule has 6 nitrogen and oxygen atoms in total. The number of nitrogens with zero attached hydrogens (tertiary/aromatic N) is 3. The number of hydrogen-bond donors (Lipinski definition) is 2. The van der Waals surface area contributed by atoms with Gasteiger partial charge in [-0.05, 0) is 31.9 Å².